The van der Waals surface area contributed by atoms with E-state index in [4.69, 9.17) is 0 Å². The van der Waals surface area contributed by atoms with Crippen molar-refractivity contribution in [3.63, 3.8) is 0 Å². The Labute approximate surface area is 63.8 Å². The summed E-state index contributed by atoms with van der Waals surface area (Å²) < 4.78 is 4.34. The second kappa shape index (κ2) is 3.70. The normalized spacial score (nSPS) is 11.8. The fourth-order valence-electron chi connectivity index (χ4n) is 0.299. The highest BCUT2D eigenvalue weighted by molar-refractivity contribution is 5.86. The van der Waals surface area contributed by atoms with Crippen LogP contribution in [-0.4, -0.2) is 17.1 Å². The van der Waals surface area contributed by atoms with Gasteiger partial charge in [0.15, 0.2) is 0 Å². The van der Waals surface area contributed by atoms with E-state index in [0.29, 0.717) is 0 Å². The van der Waals surface area contributed by atoms with Crippen LogP contribution in [0.1, 0.15) is 13.8 Å². The summed E-state index contributed by atoms with van der Waals surface area (Å²) in [5.41, 5.74) is 0.152. The summed E-state index contributed by atoms with van der Waals surface area (Å²) in [6.45, 7) is 5.88. The minimum absolute atomic E-state index is 0.152. The molecule has 1 unspecified atom stereocenters. The SMILES string of the molecule is C=C(C)C(=O)OC(C)[N+](=O)[O-]. The molecule has 0 aliphatic rings. The first-order valence-corrected chi connectivity index (χ1v) is 2.95. The Hall–Kier alpha value is -1.39. The van der Waals surface area contributed by atoms with E-state index in [1.165, 1.54) is 13.8 Å². The summed E-state index contributed by atoms with van der Waals surface area (Å²) in [6, 6.07) is 0. The Morgan fingerprint density at radius 2 is 2.18 bits per heavy atom. The van der Waals surface area contributed by atoms with Gasteiger partial charge < -0.3 is 4.74 Å². The molecule has 0 aromatic heterocycles. The second-order valence-electron chi connectivity index (χ2n) is 2.07. The van der Waals surface area contributed by atoms with Gasteiger partial charge in [0.25, 0.3) is 0 Å². The van der Waals surface area contributed by atoms with E-state index in [9.17, 15) is 14.9 Å². The number of ether oxygens (including phenoxy) is 1. The second-order valence-corrected chi connectivity index (χ2v) is 2.07. The molecule has 0 fully saturated rings. The number of hydrogen-bond acceptors (Lipinski definition) is 4. The van der Waals surface area contributed by atoms with Crippen molar-refractivity contribution in [2.45, 2.75) is 20.1 Å². The van der Waals surface area contributed by atoms with Gasteiger partial charge in [-0.25, -0.2) is 4.79 Å². The van der Waals surface area contributed by atoms with Crippen LogP contribution in [0.5, 0.6) is 0 Å². The van der Waals surface area contributed by atoms with E-state index < -0.39 is 17.1 Å². The lowest BCUT2D eigenvalue weighted by Crippen LogP contribution is -2.23. The van der Waals surface area contributed by atoms with Crippen LogP contribution in [0.4, 0.5) is 0 Å². The Balaban J connectivity index is 3.95. The van der Waals surface area contributed by atoms with Gasteiger partial charge in [-0.15, -0.1) is 0 Å². The van der Waals surface area contributed by atoms with Gasteiger partial charge in [0.2, 0.25) is 0 Å². The molecule has 0 heterocycles. The molecule has 62 valence electrons. The maximum Gasteiger partial charge on any atom is 0.353 e. The standard InChI is InChI=1S/C6H9NO4/c1-4(2)6(8)11-5(3)7(9)10/h5H,1H2,2-3H3. The maximum absolute atomic E-state index is 10.6. The zero-order valence-electron chi connectivity index (χ0n) is 6.36. The largest absolute Gasteiger partial charge is 0.395 e. The van der Waals surface area contributed by atoms with Crippen molar-refractivity contribution in [2.75, 3.05) is 0 Å². The summed E-state index contributed by atoms with van der Waals surface area (Å²) in [7, 11) is 0. The molecule has 0 saturated heterocycles. The van der Waals surface area contributed by atoms with Gasteiger partial charge in [0, 0.05) is 12.5 Å². The first kappa shape index (κ1) is 9.61. The fourth-order valence-corrected chi connectivity index (χ4v) is 0.299. The van der Waals surface area contributed by atoms with Crippen molar-refractivity contribution in [3.05, 3.63) is 22.3 Å². The predicted octanol–water partition coefficient (Wildman–Crippen LogP) is 0.728. The van der Waals surface area contributed by atoms with Crippen molar-refractivity contribution < 1.29 is 14.5 Å². The van der Waals surface area contributed by atoms with Crippen LogP contribution in [0.15, 0.2) is 12.2 Å². The first-order chi connectivity index (χ1) is 4.95. The van der Waals surface area contributed by atoms with Crippen LogP contribution in [-0.2, 0) is 9.53 Å². The van der Waals surface area contributed by atoms with E-state index in [1.54, 1.807) is 0 Å². The number of hydrogen-bond donors (Lipinski definition) is 0. The number of nitro groups is 1. The molecule has 0 radical (unpaired) electrons. The van der Waals surface area contributed by atoms with E-state index in [-0.39, 0.29) is 5.57 Å². The zero-order chi connectivity index (χ0) is 9.02. The van der Waals surface area contributed by atoms with Crippen LogP contribution < -0.4 is 0 Å². The fraction of sp³-hybridized carbons (Fsp3) is 0.500. The average molecular weight is 159 g/mol. The molecular formula is C6H9NO4. The van der Waals surface area contributed by atoms with Gasteiger partial charge >= 0.3 is 12.2 Å². The maximum atomic E-state index is 10.6. The summed E-state index contributed by atoms with van der Waals surface area (Å²) in [5.74, 6) is -0.741. The molecule has 0 saturated carbocycles. The summed E-state index contributed by atoms with van der Waals surface area (Å²) >= 11 is 0. The van der Waals surface area contributed by atoms with Crippen LogP contribution in [0, 0.1) is 10.1 Å². The molecule has 1 atom stereocenters. The van der Waals surface area contributed by atoms with Gasteiger partial charge in [-0.3, -0.25) is 10.1 Å². The van der Waals surface area contributed by atoms with Crippen molar-refractivity contribution in [1.29, 1.82) is 0 Å². The molecule has 0 aliphatic heterocycles. The lowest BCUT2D eigenvalue weighted by Gasteiger charge is -2.04. The third-order valence-corrected chi connectivity index (χ3v) is 0.923. The highest BCUT2D eigenvalue weighted by Gasteiger charge is 2.17. The smallest absolute Gasteiger partial charge is 0.353 e. The van der Waals surface area contributed by atoms with E-state index >= 15 is 0 Å². The van der Waals surface area contributed by atoms with Gasteiger partial charge in [-0.1, -0.05) is 6.58 Å². The lowest BCUT2D eigenvalue weighted by molar-refractivity contribution is -0.562. The van der Waals surface area contributed by atoms with E-state index in [2.05, 4.69) is 11.3 Å². The summed E-state index contributed by atoms with van der Waals surface area (Å²) in [4.78, 5) is 19.9. The minimum Gasteiger partial charge on any atom is -0.395 e. The number of rotatable bonds is 3. The number of esters is 1. The van der Waals surface area contributed by atoms with E-state index in [0.717, 1.165) is 0 Å². The highest BCUT2D eigenvalue weighted by Crippen LogP contribution is 1.97. The van der Waals surface area contributed by atoms with E-state index in [1.807, 2.05) is 0 Å². The van der Waals surface area contributed by atoms with Crippen LogP contribution >= 0.6 is 0 Å². The number of nitrogens with zero attached hydrogens (tertiary/aromatic N) is 1. The van der Waals surface area contributed by atoms with Gasteiger partial charge in [-0.05, 0) is 6.92 Å². The van der Waals surface area contributed by atoms with Gasteiger partial charge in [-0.2, -0.15) is 0 Å². The number of carbonyl (C=O) groups is 1. The molecule has 0 spiro atoms. The molecule has 0 N–H and O–H groups in total. The molecule has 0 aromatic rings. The highest BCUT2D eigenvalue weighted by atomic mass is 16.7. The summed E-state index contributed by atoms with van der Waals surface area (Å²) in [6.07, 6.45) is -1.31. The van der Waals surface area contributed by atoms with Gasteiger partial charge in [0.05, 0.1) is 4.92 Å². The Kier molecular flexibility index (Phi) is 3.23. The first-order valence-electron chi connectivity index (χ1n) is 2.95. The van der Waals surface area contributed by atoms with Crippen LogP contribution in [0.2, 0.25) is 0 Å². The van der Waals surface area contributed by atoms with Crippen LogP contribution in [0.3, 0.4) is 0 Å². The van der Waals surface area contributed by atoms with Crippen molar-refractivity contribution in [2.24, 2.45) is 0 Å². The lowest BCUT2D eigenvalue weighted by atomic mass is 10.4. The number of carbonyl (C=O) groups excluding carboxylic acids is 1. The van der Waals surface area contributed by atoms with Crippen molar-refractivity contribution >= 4 is 5.97 Å². The molecule has 5 heteroatoms. The topological polar surface area (TPSA) is 69.4 Å². The van der Waals surface area contributed by atoms with Crippen molar-refractivity contribution in [1.82, 2.24) is 0 Å². The van der Waals surface area contributed by atoms with Gasteiger partial charge in [0.1, 0.15) is 0 Å². The molecule has 0 amide bonds. The minimum atomic E-state index is -1.31. The molecule has 0 aliphatic carbocycles. The molecular weight excluding hydrogens is 150 g/mol. The summed E-state index contributed by atoms with van der Waals surface area (Å²) in [5, 5.41) is 9.96. The van der Waals surface area contributed by atoms with Crippen molar-refractivity contribution in [3.8, 4) is 0 Å². The predicted molar refractivity (Wildman–Crippen MR) is 37.4 cm³/mol. The third-order valence-electron chi connectivity index (χ3n) is 0.923. The zero-order valence-corrected chi connectivity index (χ0v) is 6.36. The Morgan fingerprint density at radius 1 is 1.73 bits per heavy atom. The molecule has 5 nitrogen and oxygen atoms in total. The Bertz CT molecular complexity index is 199. The quantitative estimate of drug-likeness (QED) is 0.200. The molecule has 0 aromatic carbocycles. The Morgan fingerprint density at radius 3 is 2.45 bits per heavy atom. The average Bonchev–Trinajstić information content (AvgIpc) is 1.87. The monoisotopic (exact) mass is 159 g/mol. The van der Waals surface area contributed by atoms with Crippen LogP contribution in [0.25, 0.3) is 0 Å². The molecule has 11 heavy (non-hydrogen) atoms. The third kappa shape index (κ3) is 3.34. The molecule has 0 rings (SSSR count). The molecule has 0 bridgehead atoms.